The quantitative estimate of drug-likeness (QED) is 0.609. The number of hydrogen-bond donors (Lipinski definition) is 0. The minimum Gasteiger partial charge on any atom is -0.306 e. The van der Waals surface area contributed by atoms with Crippen molar-refractivity contribution in [2.24, 2.45) is 5.92 Å². The molecule has 0 aromatic heterocycles. The van der Waals surface area contributed by atoms with E-state index in [1.54, 1.807) is 0 Å². The number of allylic oxidation sites excluding steroid dienone is 1. The largest absolute Gasteiger partial charge is 0.306 e. The van der Waals surface area contributed by atoms with Crippen molar-refractivity contribution in [3.05, 3.63) is 12.7 Å². The third-order valence-electron chi connectivity index (χ3n) is 2.22. The maximum absolute atomic E-state index is 3.76. The Labute approximate surface area is 91.2 Å². The summed E-state index contributed by atoms with van der Waals surface area (Å²) < 4.78 is 0. The zero-order valence-corrected chi connectivity index (χ0v) is 10.8. The molecule has 1 nitrogen and oxygen atoms in total. The number of hydrogen-bond acceptors (Lipinski definition) is 1. The molecule has 0 radical (unpaired) electrons. The van der Waals surface area contributed by atoms with Crippen molar-refractivity contribution in [3.63, 3.8) is 0 Å². The highest BCUT2D eigenvalue weighted by atomic mass is 15.1. The fourth-order valence-corrected chi connectivity index (χ4v) is 1.70. The molecule has 1 heteroatoms. The summed E-state index contributed by atoms with van der Waals surface area (Å²) in [5.74, 6) is 0.885. The first-order chi connectivity index (χ1) is 6.83. The minimum absolute atomic E-state index is 0.885. The molecule has 0 saturated carbocycles. The summed E-state index contributed by atoms with van der Waals surface area (Å²) in [7, 11) is 2.20. The Morgan fingerprint density at radius 3 is 2.29 bits per heavy atom. The van der Waals surface area contributed by atoms with E-state index in [1.165, 1.54) is 32.4 Å². The molecule has 1 atom stereocenters. The van der Waals surface area contributed by atoms with E-state index in [0.29, 0.717) is 0 Å². The van der Waals surface area contributed by atoms with E-state index in [1.807, 2.05) is 33.8 Å². The minimum atomic E-state index is 0.885. The highest BCUT2D eigenvalue weighted by Crippen LogP contribution is 2.17. The lowest BCUT2D eigenvalue weighted by Crippen LogP contribution is -2.31. The molecule has 1 fully saturated rings. The van der Waals surface area contributed by atoms with Crippen molar-refractivity contribution in [1.29, 1.82) is 0 Å². The molecule has 1 heterocycles. The molecule has 14 heavy (non-hydrogen) atoms. The summed E-state index contributed by atoms with van der Waals surface area (Å²) in [5, 5.41) is 0. The Bertz CT molecular complexity index is 110. The van der Waals surface area contributed by atoms with Crippen LogP contribution >= 0.6 is 0 Å². The molecule has 0 bridgehead atoms. The Morgan fingerprint density at radius 2 is 1.86 bits per heavy atom. The molecule has 1 unspecified atom stereocenters. The standard InChI is InChI=1S/C9H17N.2C2H6/c1-3-5-9-6-4-7-10(2)8-9;2*1-2/h3,9H,1,4-8H2,2H3;2*1-2H3. The van der Waals surface area contributed by atoms with Crippen molar-refractivity contribution >= 4 is 0 Å². The van der Waals surface area contributed by atoms with E-state index >= 15 is 0 Å². The van der Waals surface area contributed by atoms with Gasteiger partial charge in [-0.25, -0.2) is 0 Å². The lowest BCUT2D eigenvalue weighted by Gasteiger charge is -2.28. The topological polar surface area (TPSA) is 3.24 Å². The molecule has 1 aliphatic heterocycles. The third kappa shape index (κ3) is 8.31. The fraction of sp³-hybridized carbons (Fsp3) is 0.846. The van der Waals surface area contributed by atoms with Crippen molar-refractivity contribution < 1.29 is 0 Å². The van der Waals surface area contributed by atoms with E-state index < -0.39 is 0 Å². The van der Waals surface area contributed by atoms with Gasteiger partial charge >= 0.3 is 0 Å². The summed E-state index contributed by atoms with van der Waals surface area (Å²) in [6, 6.07) is 0. The van der Waals surface area contributed by atoms with Gasteiger partial charge in [0.2, 0.25) is 0 Å². The molecular weight excluding hydrogens is 170 g/mol. The molecule has 0 aromatic carbocycles. The molecule has 0 aromatic rings. The van der Waals surface area contributed by atoms with E-state index in [9.17, 15) is 0 Å². The molecular formula is C13H29N. The Balaban J connectivity index is 0. The van der Waals surface area contributed by atoms with Crippen LogP contribution in [0.2, 0.25) is 0 Å². The van der Waals surface area contributed by atoms with E-state index in [4.69, 9.17) is 0 Å². The predicted molar refractivity (Wildman–Crippen MR) is 67.7 cm³/mol. The van der Waals surface area contributed by atoms with Crippen LogP contribution in [0.4, 0.5) is 0 Å². The van der Waals surface area contributed by atoms with Gasteiger partial charge in [0.05, 0.1) is 0 Å². The van der Waals surface area contributed by atoms with Gasteiger partial charge in [0, 0.05) is 6.54 Å². The number of piperidine rings is 1. The molecule has 0 N–H and O–H groups in total. The number of nitrogens with zero attached hydrogens (tertiary/aromatic N) is 1. The average Bonchev–Trinajstić information content (AvgIpc) is 2.24. The smallest absolute Gasteiger partial charge is 0.000957 e. The second-order valence-corrected chi connectivity index (χ2v) is 3.29. The van der Waals surface area contributed by atoms with Crippen LogP contribution < -0.4 is 0 Å². The second kappa shape index (κ2) is 12.7. The molecule has 86 valence electrons. The SMILES string of the molecule is C=CCC1CCCN(C)C1.CC.CC. The maximum atomic E-state index is 3.76. The van der Waals surface area contributed by atoms with Crippen molar-refractivity contribution in [2.75, 3.05) is 20.1 Å². The Hall–Kier alpha value is -0.300. The van der Waals surface area contributed by atoms with Gasteiger partial charge in [0.15, 0.2) is 0 Å². The van der Waals surface area contributed by atoms with Crippen LogP contribution in [-0.4, -0.2) is 25.0 Å². The van der Waals surface area contributed by atoms with Gasteiger partial charge in [0.25, 0.3) is 0 Å². The Morgan fingerprint density at radius 1 is 1.29 bits per heavy atom. The molecule has 1 aliphatic rings. The van der Waals surface area contributed by atoms with E-state index in [-0.39, 0.29) is 0 Å². The van der Waals surface area contributed by atoms with Gasteiger partial charge in [-0.3, -0.25) is 0 Å². The fourth-order valence-electron chi connectivity index (χ4n) is 1.70. The van der Waals surface area contributed by atoms with Crippen LogP contribution in [0.25, 0.3) is 0 Å². The number of rotatable bonds is 2. The highest BCUT2D eigenvalue weighted by Gasteiger charge is 2.14. The molecule has 0 aliphatic carbocycles. The summed E-state index contributed by atoms with van der Waals surface area (Å²) >= 11 is 0. The first-order valence-electron chi connectivity index (χ1n) is 6.12. The second-order valence-electron chi connectivity index (χ2n) is 3.29. The zero-order valence-electron chi connectivity index (χ0n) is 10.8. The van der Waals surface area contributed by atoms with Gasteiger partial charge in [-0.1, -0.05) is 33.8 Å². The predicted octanol–water partition coefficient (Wildman–Crippen LogP) is 3.96. The maximum Gasteiger partial charge on any atom is 0.000957 e. The average molecular weight is 199 g/mol. The first kappa shape index (κ1) is 16.1. The van der Waals surface area contributed by atoms with Crippen LogP contribution in [-0.2, 0) is 0 Å². The summed E-state index contributed by atoms with van der Waals surface area (Å²) in [5.41, 5.74) is 0. The summed E-state index contributed by atoms with van der Waals surface area (Å²) in [6.45, 7) is 14.3. The zero-order chi connectivity index (χ0) is 11.4. The molecule has 0 amide bonds. The van der Waals surface area contributed by atoms with E-state index in [2.05, 4.69) is 18.5 Å². The van der Waals surface area contributed by atoms with E-state index in [0.717, 1.165) is 5.92 Å². The van der Waals surface area contributed by atoms with Crippen LogP contribution in [0.1, 0.15) is 47.0 Å². The summed E-state index contributed by atoms with van der Waals surface area (Å²) in [4.78, 5) is 2.41. The van der Waals surface area contributed by atoms with Crippen LogP contribution in [0.3, 0.4) is 0 Å². The molecule has 1 rings (SSSR count). The monoisotopic (exact) mass is 199 g/mol. The highest BCUT2D eigenvalue weighted by molar-refractivity contribution is 4.78. The lowest BCUT2D eigenvalue weighted by molar-refractivity contribution is 0.211. The van der Waals surface area contributed by atoms with Crippen molar-refractivity contribution in [1.82, 2.24) is 4.90 Å². The van der Waals surface area contributed by atoms with Crippen LogP contribution in [0.15, 0.2) is 12.7 Å². The van der Waals surface area contributed by atoms with Crippen molar-refractivity contribution in [2.45, 2.75) is 47.0 Å². The number of likely N-dealkylation sites (tertiary alicyclic amines) is 1. The first-order valence-corrected chi connectivity index (χ1v) is 6.12. The van der Waals surface area contributed by atoms with Gasteiger partial charge in [-0.2, -0.15) is 0 Å². The molecule has 0 spiro atoms. The van der Waals surface area contributed by atoms with Gasteiger partial charge in [-0.15, -0.1) is 6.58 Å². The van der Waals surface area contributed by atoms with Gasteiger partial charge < -0.3 is 4.90 Å². The third-order valence-corrected chi connectivity index (χ3v) is 2.22. The normalized spacial score (nSPS) is 21.1. The lowest BCUT2D eigenvalue weighted by atomic mass is 9.95. The van der Waals surface area contributed by atoms with Crippen molar-refractivity contribution in [3.8, 4) is 0 Å². The summed E-state index contributed by atoms with van der Waals surface area (Å²) in [6.07, 6.45) is 6.01. The Kier molecular flexibility index (Phi) is 14.6. The van der Waals surface area contributed by atoms with Gasteiger partial charge in [-0.05, 0) is 38.8 Å². The molecule has 1 saturated heterocycles. The van der Waals surface area contributed by atoms with Crippen LogP contribution in [0.5, 0.6) is 0 Å². The van der Waals surface area contributed by atoms with Crippen LogP contribution in [0, 0.1) is 5.92 Å². The van der Waals surface area contributed by atoms with Gasteiger partial charge in [0.1, 0.15) is 0 Å².